The Morgan fingerprint density at radius 1 is 1.00 bits per heavy atom. The summed E-state index contributed by atoms with van der Waals surface area (Å²) in [4.78, 5) is 13.3. The maximum absolute atomic E-state index is 15.3. The van der Waals surface area contributed by atoms with Gasteiger partial charge in [-0.15, -0.1) is 0 Å². The Hall–Kier alpha value is -0.480. The predicted molar refractivity (Wildman–Crippen MR) is 105 cm³/mol. The van der Waals surface area contributed by atoms with Gasteiger partial charge in [0.15, 0.2) is 6.29 Å². The van der Waals surface area contributed by atoms with Crippen LogP contribution >= 0.6 is 0 Å². The van der Waals surface area contributed by atoms with Crippen LogP contribution in [-0.2, 0) is 14.3 Å². The van der Waals surface area contributed by atoms with Crippen molar-refractivity contribution in [2.75, 3.05) is 6.61 Å². The summed E-state index contributed by atoms with van der Waals surface area (Å²) < 4.78 is 27.4. The standard InChI is InChI=1S/C24H37FO3/c1-23-10-5-3-7-15(23)13-19(26)21-16(23)9-11-24(2)17(21)14-18(25)22(24)28-20-8-4-6-12-27-20/h15-18,20-22H,3-14H2,1-2H3/t15?,16?,17?,18-,20?,21?,22?,23?,24?/m1/s1. The molecule has 0 N–H and O–H groups in total. The number of fused-ring (bicyclic) bond motifs is 5. The summed E-state index contributed by atoms with van der Waals surface area (Å²) in [5.41, 5.74) is 0.0598. The van der Waals surface area contributed by atoms with E-state index in [0.717, 1.165) is 45.1 Å². The molecule has 0 aromatic rings. The van der Waals surface area contributed by atoms with Crippen LogP contribution in [0.3, 0.4) is 0 Å². The third-order valence-corrected chi connectivity index (χ3v) is 9.72. The number of hydrogen-bond donors (Lipinski definition) is 0. The molecule has 0 aromatic heterocycles. The van der Waals surface area contributed by atoms with E-state index >= 15 is 4.39 Å². The summed E-state index contributed by atoms with van der Waals surface area (Å²) in [6.07, 6.45) is 9.73. The average molecular weight is 393 g/mol. The van der Waals surface area contributed by atoms with Crippen molar-refractivity contribution < 1.29 is 18.7 Å². The Labute approximate surface area is 169 Å². The molecule has 0 spiro atoms. The van der Waals surface area contributed by atoms with Crippen molar-refractivity contribution in [2.45, 2.75) is 103 Å². The number of ketones is 1. The molecule has 0 bridgehead atoms. The van der Waals surface area contributed by atoms with Crippen LogP contribution in [0.15, 0.2) is 0 Å². The Bertz CT molecular complexity index is 617. The maximum Gasteiger partial charge on any atom is 0.158 e. The van der Waals surface area contributed by atoms with Gasteiger partial charge >= 0.3 is 0 Å². The van der Waals surface area contributed by atoms with Crippen LogP contribution < -0.4 is 0 Å². The van der Waals surface area contributed by atoms with Gasteiger partial charge < -0.3 is 9.47 Å². The third kappa shape index (κ3) is 2.84. The fourth-order valence-electron chi connectivity index (χ4n) is 8.11. The van der Waals surface area contributed by atoms with Crippen LogP contribution in [0.1, 0.15) is 84.5 Å². The highest BCUT2D eigenvalue weighted by atomic mass is 19.1. The number of alkyl halides is 1. The highest BCUT2D eigenvalue weighted by Gasteiger charge is 2.65. The molecule has 0 radical (unpaired) electrons. The van der Waals surface area contributed by atoms with E-state index in [2.05, 4.69) is 13.8 Å². The van der Waals surface area contributed by atoms with Crippen molar-refractivity contribution in [3.05, 3.63) is 0 Å². The lowest BCUT2D eigenvalue weighted by molar-refractivity contribution is -0.225. The third-order valence-electron chi connectivity index (χ3n) is 9.72. The van der Waals surface area contributed by atoms with Gasteiger partial charge in [-0.05, 0) is 74.5 Å². The zero-order valence-electron chi connectivity index (χ0n) is 17.6. The van der Waals surface area contributed by atoms with Crippen molar-refractivity contribution in [3.8, 4) is 0 Å². The minimum Gasteiger partial charge on any atom is -0.353 e. The highest BCUT2D eigenvalue weighted by Crippen LogP contribution is 2.66. The average Bonchev–Trinajstić information content (AvgIpc) is 2.94. The second-order valence-electron chi connectivity index (χ2n) is 11.0. The SMILES string of the molecule is CC12CCCCC1CC(=O)C1C2CCC2(C)C1C[C@@H](F)C2OC1CCCCO1. The van der Waals surface area contributed by atoms with Crippen LogP contribution in [0.5, 0.6) is 0 Å². The van der Waals surface area contributed by atoms with Gasteiger partial charge in [0.1, 0.15) is 12.0 Å². The molecule has 1 saturated heterocycles. The van der Waals surface area contributed by atoms with Gasteiger partial charge in [-0.2, -0.15) is 0 Å². The number of carbonyl (C=O) groups excluding carboxylic acids is 1. The molecular weight excluding hydrogens is 355 g/mol. The Kier molecular flexibility index (Phi) is 4.90. The van der Waals surface area contributed by atoms with Crippen LogP contribution in [0.25, 0.3) is 0 Å². The van der Waals surface area contributed by atoms with Gasteiger partial charge in [0.2, 0.25) is 0 Å². The first-order chi connectivity index (χ1) is 13.4. The van der Waals surface area contributed by atoms with Crippen molar-refractivity contribution in [1.29, 1.82) is 0 Å². The zero-order chi connectivity index (χ0) is 19.5. The topological polar surface area (TPSA) is 35.5 Å². The summed E-state index contributed by atoms with van der Waals surface area (Å²) in [5, 5.41) is 0. The molecule has 3 nitrogen and oxygen atoms in total. The molecular formula is C24H37FO3. The fourth-order valence-corrected chi connectivity index (χ4v) is 8.11. The van der Waals surface area contributed by atoms with E-state index in [-0.39, 0.29) is 29.0 Å². The summed E-state index contributed by atoms with van der Waals surface area (Å²) in [7, 11) is 0. The van der Waals surface area contributed by atoms with E-state index in [0.29, 0.717) is 24.0 Å². The number of rotatable bonds is 2. The van der Waals surface area contributed by atoms with Gasteiger partial charge in [0, 0.05) is 24.4 Å². The van der Waals surface area contributed by atoms with Crippen LogP contribution in [0.4, 0.5) is 4.39 Å². The number of hydrogen-bond acceptors (Lipinski definition) is 3. The molecule has 28 heavy (non-hydrogen) atoms. The smallest absolute Gasteiger partial charge is 0.158 e. The molecule has 5 rings (SSSR count). The van der Waals surface area contributed by atoms with Gasteiger partial charge in [-0.25, -0.2) is 4.39 Å². The van der Waals surface area contributed by atoms with Crippen LogP contribution in [-0.4, -0.2) is 31.0 Å². The monoisotopic (exact) mass is 392 g/mol. The summed E-state index contributed by atoms with van der Waals surface area (Å²) in [6.45, 7) is 5.39. The van der Waals surface area contributed by atoms with Crippen molar-refractivity contribution in [3.63, 3.8) is 0 Å². The molecule has 4 heteroatoms. The second-order valence-corrected chi connectivity index (χ2v) is 11.0. The molecule has 1 aliphatic heterocycles. The fraction of sp³-hybridized carbons (Fsp3) is 0.958. The molecule has 8 unspecified atom stereocenters. The van der Waals surface area contributed by atoms with Crippen molar-refractivity contribution in [2.24, 2.45) is 34.5 Å². The molecule has 158 valence electrons. The normalized spacial score (nSPS) is 54.0. The summed E-state index contributed by atoms with van der Waals surface area (Å²) in [6, 6.07) is 0. The molecule has 5 aliphatic rings. The Morgan fingerprint density at radius 2 is 1.82 bits per heavy atom. The molecule has 5 fully saturated rings. The second kappa shape index (κ2) is 7.04. The molecule has 0 amide bonds. The van der Waals surface area contributed by atoms with Gasteiger partial charge in [0.05, 0.1) is 6.10 Å². The lowest BCUT2D eigenvalue weighted by Gasteiger charge is -2.59. The number of carbonyl (C=O) groups is 1. The van der Waals surface area contributed by atoms with E-state index in [1.807, 2.05) is 0 Å². The molecule has 4 aliphatic carbocycles. The van der Waals surface area contributed by atoms with Crippen molar-refractivity contribution in [1.82, 2.24) is 0 Å². The minimum absolute atomic E-state index is 0.0530. The minimum atomic E-state index is -0.969. The van der Waals surface area contributed by atoms with Crippen LogP contribution in [0, 0.1) is 34.5 Å². The van der Waals surface area contributed by atoms with E-state index in [9.17, 15) is 4.79 Å². The lowest BCUT2D eigenvalue weighted by atomic mass is 9.45. The largest absolute Gasteiger partial charge is 0.353 e. The van der Waals surface area contributed by atoms with E-state index in [1.54, 1.807) is 0 Å². The van der Waals surface area contributed by atoms with Crippen LogP contribution in [0.2, 0.25) is 0 Å². The number of Topliss-reactive ketones (excluding diaryl/α,β-unsaturated/α-hetero) is 1. The molecule has 0 aromatic carbocycles. The first kappa shape index (κ1) is 19.5. The van der Waals surface area contributed by atoms with E-state index in [4.69, 9.17) is 9.47 Å². The first-order valence-corrected chi connectivity index (χ1v) is 11.9. The van der Waals surface area contributed by atoms with Crippen molar-refractivity contribution >= 4 is 5.78 Å². The molecule has 1 heterocycles. The molecule has 9 atom stereocenters. The molecule has 4 saturated carbocycles. The Morgan fingerprint density at radius 3 is 2.61 bits per heavy atom. The van der Waals surface area contributed by atoms with Gasteiger partial charge in [0.25, 0.3) is 0 Å². The summed E-state index contributed by atoms with van der Waals surface area (Å²) >= 11 is 0. The van der Waals surface area contributed by atoms with E-state index in [1.165, 1.54) is 25.7 Å². The number of ether oxygens (including phenoxy) is 2. The van der Waals surface area contributed by atoms with Gasteiger partial charge in [-0.3, -0.25) is 4.79 Å². The lowest BCUT2D eigenvalue weighted by Crippen LogP contribution is -2.57. The van der Waals surface area contributed by atoms with E-state index < -0.39 is 12.3 Å². The highest BCUT2D eigenvalue weighted by molar-refractivity contribution is 5.83. The zero-order valence-corrected chi connectivity index (χ0v) is 17.6. The number of halogens is 1. The maximum atomic E-state index is 15.3. The van der Waals surface area contributed by atoms with Gasteiger partial charge in [-0.1, -0.05) is 26.7 Å². The summed E-state index contributed by atoms with van der Waals surface area (Å²) in [5.74, 6) is 1.64. The quantitative estimate of drug-likeness (QED) is 0.626. The predicted octanol–water partition coefficient (Wildman–Crippen LogP) is 5.46. The first-order valence-electron chi connectivity index (χ1n) is 11.9. The Balaban J connectivity index is 1.41.